The van der Waals surface area contributed by atoms with Crippen LogP contribution in [0.15, 0.2) is 54.9 Å². The van der Waals surface area contributed by atoms with Gasteiger partial charge in [0, 0.05) is 17.5 Å². The van der Waals surface area contributed by atoms with E-state index in [4.69, 9.17) is 15.2 Å². The minimum Gasteiger partial charge on any atom is -0.630 e. The van der Waals surface area contributed by atoms with Crippen molar-refractivity contribution in [2.45, 2.75) is 6.73 Å². The molecular formula is C19H19N5O3. The van der Waals surface area contributed by atoms with E-state index in [2.05, 4.69) is 9.97 Å². The largest absolute Gasteiger partial charge is 0.630 e. The number of pyridine rings is 1. The molecule has 0 aliphatic heterocycles. The molecule has 0 aliphatic rings. The number of nitrogens with zero attached hydrogens (tertiary/aromatic N) is 3. The lowest BCUT2D eigenvalue weighted by Crippen LogP contribution is -2.69. The summed E-state index contributed by atoms with van der Waals surface area (Å²) in [6, 6.07) is 14.7. The predicted octanol–water partition coefficient (Wildman–Crippen LogP) is 1.91. The highest BCUT2D eigenvalue weighted by Crippen LogP contribution is 2.26. The number of para-hydroxylation sites is 1. The van der Waals surface area contributed by atoms with E-state index in [0.29, 0.717) is 42.7 Å². The van der Waals surface area contributed by atoms with Crippen molar-refractivity contribution >= 4 is 33.4 Å². The summed E-state index contributed by atoms with van der Waals surface area (Å²) in [6.45, 7) is 1.14. The Hall–Kier alpha value is -3.20. The van der Waals surface area contributed by atoms with Crippen LogP contribution in [0, 0.1) is 5.21 Å². The second-order valence-corrected chi connectivity index (χ2v) is 6.00. The molecule has 8 nitrogen and oxygen atoms in total. The van der Waals surface area contributed by atoms with Crippen LogP contribution >= 0.6 is 0 Å². The fraction of sp³-hybridized carbons (Fsp3) is 0.158. The number of quaternary nitrogens is 1. The van der Waals surface area contributed by atoms with Gasteiger partial charge in [0.05, 0.1) is 24.0 Å². The summed E-state index contributed by atoms with van der Waals surface area (Å²) in [5.74, 6) is 1.10. The van der Waals surface area contributed by atoms with Gasteiger partial charge in [0.1, 0.15) is 30.3 Å². The van der Waals surface area contributed by atoms with E-state index in [1.165, 1.54) is 0 Å². The van der Waals surface area contributed by atoms with Crippen molar-refractivity contribution in [1.29, 1.82) is 0 Å². The Kier molecular flexibility index (Phi) is 4.84. The first-order valence-electron chi connectivity index (χ1n) is 8.51. The molecule has 27 heavy (non-hydrogen) atoms. The third-order valence-corrected chi connectivity index (χ3v) is 4.22. The van der Waals surface area contributed by atoms with E-state index >= 15 is 0 Å². The highest BCUT2D eigenvalue weighted by molar-refractivity contribution is 6.06. The van der Waals surface area contributed by atoms with Crippen LogP contribution in [0.25, 0.3) is 21.9 Å². The lowest BCUT2D eigenvalue weighted by atomic mass is 10.2. The number of nitrogen functional groups attached to an aromatic ring is 1. The van der Waals surface area contributed by atoms with E-state index in [0.717, 1.165) is 21.9 Å². The van der Waals surface area contributed by atoms with Crippen LogP contribution in [0.1, 0.15) is 0 Å². The van der Waals surface area contributed by atoms with Gasteiger partial charge in [0.25, 0.3) is 0 Å². The third-order valence-electron chi connectivity index (χ3n) is 4.22. The summed E-state index contributed by atoms with van der Waals surface area (Å²) in [5.41, 5.74) is 9.85. The predicted molar refractivity (Wildman–Crippen MR) is 102 cm³/mol. The van der Waals surface area contributed by atoms with E-state index in [-0.39, 0.29) is 0 Å². The molecule has 0 bridgehead atoms. The highest BCUT2D eigenvalue weighted by atomic mass is 16.5. The molecule has 0 fully saturated rings. The Labute approximate surface area is 155 Å². The number of benzene rings is 2. The molecule has 4 rings (SSSR count). The number of imidazole rings is 1. The average molecular weight is 365 g/mol. The first-order chi connectivity index (χ1) is 13.3. The van der Waals surface area contributed by atoms with Crippen LogP contribution in [-0.4, -0.2) is 27.7 Å². The maximum atomic E-state index is 10.6. The van der Waals surface area contributed by atoms with Gasteiger partial charge in [0.15, 0.2) is 5.82 Å². The van der Waals surface area contributed by atoms with Gasteiger partial charge in [-0.15, -0.1) is 0 Å². The smallest absolute Gasteiger partial charge is 0.152 e. The van der Waals surface area contributed by atoms with E-state index in [1.54, 1.807) is 30.6 Å². The molecule has 0 radical (unpaired) electrons. The summed E-state index contributed by atoms with van der Waals surface area (Å²) in [7, 11) is 0. The summed E-state index contributed by atoms with van der Waals surface area (Å²) in [5, 5.41) is 11.6. The van der Waals surface area contributed by atoms with Gasteiger partial charge >= 0.3 is 0 Å². The summed E-state index contributed by atoms with van der Waals surface area (Å²) < 4.78 is 13.2. The van der Waals surface area contributed by atoms with Crippen LogP contribution < -0.4 is 16.0 Å². The number of aromatic nitrogens is 3. The third kappa shape index (κ3) is 3.54. The molecule has 2 aromatic carbocycles. The standard InChI is InChI=1S/C19H19N5O3/c20-19-17-18(15-3-1-2-4-16(15)22-19)24(11-21-17)12-26-9-10-27-14-7-5-13(23-25)6-8-14/h1-8,11H,9-10,12,23H2,(H2,20,22). The van der Waals surface area contributed by atoms with Gasteiger partial charge in [-0.1, -0.05) is 18.2 Å². The number of hydrogen-bond acceptors (Lipinski definition) is 6. The number of hydrogen-bond donors (Lipinski definition) is 2. The van der Waals surface area contributed by atoms with Crippen LogP contribution in [0.5, 0.6) is 5.75 Å². The van der Waals surface area contributed by atoms with Crippen LogP contribution in [0.4, 0.5) is 11.5 Å². The Morgan fingerprint density at radius 3 is 2.70 bits per heavy atom. The fourth-order valence-corrected chi connectivity index (χ4v) is 2.93. The quantitative estimate of drug-likeness (QED) is 0.294. The molecule has 0 amide bonds. The van der Waals surface area contributed by atoms with Gasteiger partial charge in [-0.25, -0.2) is 9.97 Å². The molecule has 0 atom stereocenters. The molecule has 4 N–H and O–H groups in total. The summed E-state index contributed by atoms with van der Waals surface area (Å²) in [6.07, 6.45) is 1.70. The lowest BCUT2D eigenvalue weighted by Gasteiger charge is -2.10. The molecule has 4 aromatic rings. The molecule has 0 aliphatic carbocycles. The van der Waals surface area contributed by atoms with Gasteiger partial charge < -0.3 is 30.5 Å². The van der Waals surface area contributed by atoms with Gasteiger partial charge in [0.2, 0.25) is 0 Å². The van der Waals surface area contributed by atoms with Gasteiger partial charge in [-0.3, -0.25) is 0 Å². The SMILES string of the molecule is Nc1nc2ccccc2c2c1ncn2COCCOc1ccc([NH2+][O-])cc1. The van der Waals surface area contributed by atoms with Crippen molar-refractivity contribution < 1.29 is 15.0 Å². The average Bonchev–Trinajstić information content (AvgIpc) is 3.13. The van der Waals surface area contributed by atoms with Gasteiger partial charge in [-0.2, -0.15) is 0 Å². The highest BCUT2D eigenvalue weighted by Gasteiger charge is 2.11. The zero-order valence-electron chi connectivity index (χ0n) is 14.5. The zero-order chi connectivity index (χ0) is 18.6. The summed E-state index contributed by atoms with van der Waals surface area (Å²) in [4.78, 5) is 8.76. The second kappa shape index (κ2) is 7.58. The molecule has 0 saturated heterocycles. The molecule has 8 heteroatoms. The maximum absolute atomic E-state index is 10.6. The number of rotatable bonds is 7. The van der Waals surface area contributed by atoms with E-state index < -0.39 is 0 Å². The Balaban J connectivity index is 1.40. The normalized spacial score (nSPS) is 11.3. The van der Waals surface area contributed by atoms with Crippen LogP contribution in [-0.2, 0) is 11.5 Å². The van der Waals surface area contributed by atoms with Crippen molar-refractivity contribution in [3.8, 4) is 5.75 Å². The number of fused-ring (bicyclic) bond motifs is 3. The number of ether oxygens (including phenoxy) is 2. The van der Waals surface area contributed by atoms with Crippen molar-refractivity contribution in [3.63, 3.8) is 0 Å². The Bertz CT molecular complexity index is 1060. The molecule has 2 aromatic heterocycles. The molecule has 0 spiro atoms. The zero-order valence-corrected chi connectivity index (χ0v) is 14.5. The van der Waals surface area contributed by atoms with Crippen molar-refractivity contribution in [2.24, 2.45) is 0 Å². The fourth-order valence-electron chi connectivity index (χ4n) is 2.93. The monoisotopic (exact) mass is 365 g/mol. The first kappa shape index (κ1) is 17.2. The van der Waals surface area contributed by atoms with E-state index in [9.17, 15) is 5.21 Å². The van der Waals surface area contributed by atoms with Crippen molar-refractivity contribution in [3.05, 3.63) is 60.1 Å². The molecule has 0 saturated carbocycles. The van der Waals surface area contributed by atoms with Crippen molar-refractivity contribution in [1.82, 2.24) is 14.5 Å². The van der Waals surface area contributed by atoms with Crippen LogP contribution in [0.3, 0.4) is 0 Å². The Morgan fingerprint density at radius 2 is 1.89 bits per heavy atom. The minimum atomic E-state index is 0.331. The first-order valence-corrected chi connectivity index (χ1v) is 8.51. The Morgan fingerprint density at radius 1 is 1.07 bits per heavy atom. The molecular weight excluding hydrogens is 346 g/mol. The van der Waals surface area contributed by atoms with Gasteiger partial charge in [-0.05, 0) is 18.2 Å². The maximum Gasteiger partial charge on any atom is 0.152 e. The number of anilines is 1. The van der Waals surface area contributed by atoms with E-state index in [1.807, 2.05) is 28.8 Å². The second-order valence-electron chi connectivity index (χ2n) is 6.00. The van der Waals surface area contributed by atoms with Crippen molar-refractivity contribution in [2.75, 3.05) is 18.9 Å². The summed E-state index contributed by atoms with van der Waals surface area (Å²) >= 11 is 0. The lowest BCUT2D eigenvalue weighted by molar-refractivity contribution is -0.497. The van der Waals surface area contributed by atoms with Crippen LogP contribution in [0.2, 0.25) is 0 Å². The molecule has 2 heterocycles. The molecule has 0 unspecified atom stereocenters. The minimum absolute atomic E-state index is 0.331. The number of nitrogens with two attached hydrogens (primary N) is 2. The molecule has 138 valence electrons. The topological polar surface area (TPSA) is 115 Å².